The number of likely N-dealkylation sites (tertiary alicyclic amines) is 2. The van der Waals surface area contributed by atoms with Crippen molar-refractivity contribution < 1.29 is 17.9 Å². The minimum atomic E-state index is -3.75. The number of sulfonamides is 1. The van der Waals surface area contributed by atoms with Gasteiger partial charge in [-0.05, 0) is 68.4 Å². The summed E-state index contributed by atoms with van der Waals surface area (Å²) in [7, 11) is -2.17. The molecule has 0 atom stereocenters. The lowest BCUT2D eigenvalue weighted by Gasteiger charge is -2.37. The summed E-state index contributed by atoms with van der Waals surface area (Å²) in [6.07, 6.45) is 3.62. The van der Waals surface area contributed by atoms with Crippen LogP contribution in [0.4, 0.5) is 0 Å². The van der Waals surface area contributed by atoms with Crippen LogP contribution in [0.2, 0.25) is 0 Å². The molecular formula is C23H31N3O4S. The van der Waals surface area contributed by atoms with Gasteiger partial charge in [-0.1, -0.05) is 6.92 Å². The number of piperidine rings is 2. The lowest BCUT2D eigenvalue weighted by molar-refractivity contribution is -0.138. The van der Waals surface area contributed by atoms with Gasteiger partial charge >= 0.3 is 0 Å². The number of carbonyl (C=O) groups is 1. The van der Waals surface area contributed by atoms with Crippen LogP contribution in [0, 0.1) is 11.8 Å². The first-order valence-electron chi connectivity index (χ1n) is 11.0. The predicted molar refractivity (Wildman–Crippen MR) is 121 cm³/mol. The van der Waals surface area contributed by atoms with E-state index in [0.29, 0.717) is 41.7 Å². The third-order valence-electron chi connectivity index (χ3n) is 6.73. The highest BCUT2D eigenvalue weighted by Gasteiger charge is 2.36. The normalized spacial score (nSPS) is 22.6. The van der Waals surface area contributed by atoms with Gasteiger partial charge in [-0.2, -0.15) is 8.42 Å². The molecule has 8 heteroatoms. The number of benzene rings is 1. The van der Waals surface area contributed by atoms with Gasteiger partial charge in [0.2, 0.25) is 5.91 Å². The summed E-state index contributed by atoms with van der Waals surface area (Å²) in [5.41, 5.74) is 1.28. The molecule has 7 nitrogen and oxygen atoms in total. The van der Waals surface area contributed by atoms with Crippen LogP contribution in [0.3, 0.4) is 0 Å². The van der Waals surface area contributed by atoms with Crippen LogP contribution in [0.1, 0.15) is 45.1 Å². The quantitative estimate of drug-likeness (QED) is 0.714. The third-order valence-corrected chi connectivity index (χ3v) is 8.20. The summed E-state index contributed by atoms with van der Waals surface area (Å²) >= 11 is 0. The zero-order valence-corrected chi connectivity index (χ0v) is 19.3. The van der Waals surface area contributed by atoms with Gasteiger partial charge in [0.25, 0.3) is 10.0 Å². The molecule has 1 aromatic rings. The summed E-state index contributed by atoms with van der Waals surface area (Å²) in [5, 5.41) is 0. The Kier molecular flexibility index (Phi) is 6.10. The first-order chi connectivity index (χ1) is 14.8. The molecule has 0 N–H and O–H groups in total. The Morgan fingerprint density at radius 2 is 1.65 bits per heavy atom. The molecule has 0 aromatic heterocycles. The monoisotopic (exact) mass is 445 g/mol. The molecule has 0 radical (unpaired) electrons. The lowest BCUT2D eigenvalue weighted by atomic mass is 9.92. The standard InChI is InChI=1S/C23H31N3O4S/c1-16-8-12-26(13-9-16)23(27)19-10-14-25(15-11-19)22-17(2)21(31(28,29)24-22)18-4-6-20(30-3)7-5-18/h4-7,16,19H,8-15H2,1-3H3. The van der Waals surface area contributed by atoms with Gasteiger partial charge in [0.05, 0.1) is 7.11 Å². The summed E-state index contributed by atoms with van der Waals surface area (Å²) in [6.45, 7) is 7.06. The minimum Gasteiger partial charge on any atom is -0.497 e. The number of hydrogen-bond acceptors (Lipinski definition) is 5. The van der Waals surface area contributed by atoms with Gasteiger partial charge in [0.15, 0.2) is 0 Å². The van der Waals surface area contributed by atoms with Crippen molar-refractivity contribution in [3.8, 4) is 5.75 Å². The number of rotatable bonds is 3. The number of ether oxygens (including phenoxy) is 1. The highest BCUT2D eigenvalue weighted by molar-refractivity contribution is 8.00. The van der Waals surface area contributed by atoms with E-state index in [2.05, 4.69) is 11.3 Å². The molecule has 0 aliphatic carbocycles. The largest absolute Gasteiger partial charge is 0.497 e. The van der Waals surface area contributed by atoms with Crippen LogP contribution in [-0.4, -0.2) is 63.2 Å². The highest BCUT2D eigenvalue weighted by Crippen LogP contribution is 2.35. The fourth-order valence-corrected chi connectivity index (χ4v) is 6.23. The van der Waals surface area contributed by atoms with E-state index >= 15 is 0 Å². The molecule has 3 aliphatic rings. The predicted octanol–water partition coefficient (Wildman–Crippen LogP) is 3.14. The summed E-state index contributed by atoms with van der Waals surface area (Å²) in [6, 6.07) is 7.00. The molecule has 0 bridgehead atoms. The lowest BCUT2D eigenvalue weighted by Crippen LogP contribution is -2.46. The molecule has 4 rings (SSSR count). The Hall–Kier alpha value is -2.35. The van der Waals surface area contributed by atoms with Crippen molar-refractivity contribution in [3.05, 3.63) is 35.4 Å². The van der Waals surface area contributed by atoms with Crippen molar-refractivity contribution in [2.45, 2.75) is 39.5 Å². The maximum Gasteiger partial charge on any atom is 0.285 e. The van der Waals surface area contributed by atoms with Gasteiger partial charge in [-0.15, -0.1) is 4.40 Å². The first-order valence-corrected chi connectivity index (χ1v) is 12.5. The molecule has 31 heavy (non-hydrogen) atoms. The number of hydrogen-bond donors (Lipinski definition) is 0. The van der Waals surface area contributed by atoms with E-state index in [1.54, 1.807) is 31.4 Å². The number of methoxy groups -OCH3 is 1. The zero-order chi connectivity index (χ0) is 22.2. The van der Waals surface area contributed by atoms with Crippen LogP contribution in [0.15, 0.2) is 34.2 Å². The van der Waals surface area contributed by atoms with Gasteiger partial charge in [0.1, 0.15) is 16.5 Å². The Morgan fingerprint density at radius 3 is 2.23 bits per heavy atom. The molecule has 0 unspecified atom stereocenters. The van der Waals surface area contributed by atoms with Gasteiger partial charge in [-0.25, -0.2) is 0 Å². The Labute approximate surface area is 184 Å². The van der Waals surface area contributed by atoms with Crippen LogP contribution in [0.25, 0.3) is 4.91 Å². The average molecular weight is 446 g/mol. The maximum absolute atomic E-state index is 12.9. The SMILES string of the molecule is COc1ccc(C2=C(C)C(N3CCC(C(=O)N4CCC(C)CC4)CC3)=NS2(=O)=O)cc1. The fraction of sp³-hybridized carbons (Fsp3) is 0.565. The molecule has 0 saturated carbocycles. The molecule has 168 valence electrons. The molecule has 2 saturated heterocycles. The number of carbonyl (C=O) groups excluding carboxylic acids is 1. The topological polar surface area (TPSA) is 79.3 Å². The average Bonchev–Trinajstić information content (AvgIpc) is 3.02. The highest BCUT2D eigenvalue weighted by atomic mass is 32.2. The number of nitrogens with zero attached hydrogens (tertiary/aromatic N) is 3. The molecular weight excluding hydrogens is 414 g/mol. The summed E-state index contributed by atoms with van der Waals surface area (Å²) in [4.78, 5) is 17.2. The zero-order valence-electron chi connectivity index (χ0n) is 18.5. The van der Waals surface area contributed by atoms with E-state index in [1.807, 2.05) is 16.7 Å². The second kappa shape index (κ2) is 8.65. The Bertz CT molecular complexity index is 998. The maximum atomic E-state index is 12.9. The fourth-order valence-electron chi connectivity index (χ4n) is 4.75. The number of amides is 1. The van der Waals surface area contributed by atoms with Crippen LogP contribution < -0.4 is 4.74 Å². The van der Waals surface area contributed by atoms with Crippen molar-refractivity contribution in [1.29, 1.82) is 0 Å². The van der Waals surface area contributed by atoms with E-state index in [1.165, 1.54) is 0 Å². The van der Waals surface area contributed by atoms with Crippen LogP contribution >= 0.6 is 0 Å². The summed E-state index contributed by atoms with van der Waals surface area (Å²) in [5.74, 6) is 2.17. The van der Waals surface area contributed by atoms with Gasteiger partial charge in [0, 0.05) is 37.7 Å². The second-order valence-electron chi connectivity index (χ2n) is 8.84. The van der Waals surface area contributed by atoms with Crippen molar-refractivity contribution in [1.82, 2.24) is 9.80 Å². The molecule has 1 aromatic carbocycles. The van der Waals surface area contributed by atoms with Crippen molar-refractivity contribution in [3.63, 3.8) is 0 Å². The van der Waals surface area contributed by atoms with E-state index < -0.39 is 10.0 Å². The van der Waals surface area contributed by atoms with E-state index in [-0.39, 0.29) is 16.7 Å². The second-order valence-corrected chi connectivity index (χ2v) is 10.4. The van der Waals surface area contributed by atoms with Gasteiger partial charge in [-0.3, -0.25) is 4.79 Å². The molecule has 3 aliphatic heterocycles. The first kappa shape index (κ1) is 21.9. The Morgan fingerprint density at radius 1 is 1.03 bits per heavy atom. The molecule has 3 heterocycles. The van der Waals surface area contributed by atoms with Crippen molar-refractivity contribution >= 4 is 26.7 Å². The van der Waals surface area contributed by atoms with E-state index in [0.717, 1.165) is 38.8 Å². The van der Waals surface area contributed by atoms with Crippen molar-refractivity contribution in [2.75, 3.05) is 33.3 Å². The van der Waals surface area contributed by atoms with Gasteiger partial charge < -0.3 is 14.5 Å². The summed E-state index contributed by atoms with van der Waals surface area (Å²) < 4.78 is 34.9. The Balaban J connectivity index is 1.45. The van der Waals surface area contributed by atoms with E-state index in [9.17, 15) is 13.2 Å². The van der Waals surface area contributed by atoms with Crippen LogP contribution in [0.5, 0.6) is 5.75 Å². The van der Waals surface area contributed by atoms with Crippen LogP contribution in [-0.2, 0) is 14.8 Å². The molecule has 2 fully saturated rings. The molecule has 0 spiro atoms. The van der Waals surface area contributed by atoms with Crippen molar-refractivity contribution in [2.24, 2.45) is 16.2 Å². The minimum absolute atomic E-state index is 0.0219. The smallest absolute Gasteiger partial charge is 0.285 e. The number of amidine groups is 1. The molecule has 1 amide bonds. The van der Waals surface area contributed by atoms with E-state index in [4.69, 9.17) is 4.74 Å². The third kappa shape index (κ3) is 4.35.